The van der Waals surface area contributed by atoms with Gasteiger partial charge in [-0.2, -0.15) is 5.10 Å². The second-order valence-corrected chi connectivity index (χ2v) is 5.00. The zero-order valence-electron chi connectivity index (χ0n) is 11.7. The molecule has 0 saturated carbocycles. The standard InChI is InChI=1S/C13H21N3O4/c1-3-8-13(2,18)9-12(17)15-14-10-6-4-5-7-11(10)16(19)20/h4-7,11,18-20H,3,8-9H2,1-2H3,(H,15,17). The first-order chi connectivity index (χ1) is 9.35. The van der Waals surface area contributed by atoms with Crippen LogP contribution in [0.2, 0.25) is 0 Å². The molecule has 4 N–H and O–H groups in total. The first-order valence-corrected chi connectivity index (χ1v) is 6.46. The van der Waals surface area contributed by atoms with E-state index in [0.29, 0.717) is 6.42 Å². The van der Waals surface area contributed by atoms with Gasteiger partial charge in [-0.1, -0.05) is 36.8 Å². The van der Waals surface area contributed by atoms with Gasteiger partial charge in [0.25, 0.3) is 0 Å². The first-order valence-electron chi connectivity index (χ1n) is 6.46. The van der Waals surface area contributed by atoms with Gasteiger partial charge in [-0.25, -0.2) is 5.43 Å². The van der Waals surface area contributed by atoms with E-state index in [2.05, 4.69) is 10.5 Å². The van der Waals surface area contributed by atoms with E-state index in [4.69, 9.17) is 10.4 Å². The molecule has 0 aliphatic heterocycles. The number of hydrogen-bond donors (Lipinski definition) is 4. The maximum Gasteiger partial charge on any atom is 0.242 e. The predicted molar refractivity (Wildman–Crippen MR) is 73.2 cm³/mol. The number of allylic oxidation sites excluding steroid dienone is 2. The van der Waals surface area contributed by atoms with Crippen molar-refractivity contribution in [3.8, 4) is 0 Å². The van der Waals surface area contributed by atoms with Crippen molar-refractivity contribution < 1.29 is 20.3 Å². The lowest BCUT2D eigenvalue weighted by molar-refractivity contribution is -0.311. The molecule has 0 bridgehead atoms. The van der Waals surface area contributed by atoms with Crippen LogP contribution in [0.25, 0.3) is 0 Å². The van der Waals surface area contributed by atoms with Crippen LogP contribution in [0.1, 0.15) is 33.1 Å². The molecule has 112 valence electrons. The summed E-state index contributed by atoms with van der Waals surface area (Å²) in [6, 6.07) is -0.837. The third kappa shape index (κ3) is 5.22. The van der Waals surface area contributed by atoms with Crippen molar-refractivity contribution >= 4 is 11.6 Å². The van der Waals surface area contributed by atoms with Gasteiger partial charge >= 0.3 is 0 Å². The number of rotatable bonds is 6. The Labute approximate surface area is 117 Å². The van der Waals surface area contributed by atoms with Crippen LogP contribution in [0.15, 0.2) is 29.4 Å². The van der Waals surface area contributed by atoms with Crippen molar-refractivity contribution in [2.24, 2.45) is 5.10 Å². The molecule has 7 nitrogen and oxygen atoms in total. The molecular weight excluding hydrogens is 262 g/mol. The Hall–Kier alpha value is -1.54. The number of hydroxylamine groups is 2. The molecule has 20 heavy (non-hydrogen) atoms. The number of hydrazone groups is 1. The van der Waals surface area contributed by atoms with E-state index in [9.17, 15) is 9.90 Å². The normalized spacial score (nSPS) is 23.1. The van der Waals surface area contributed by atoms with Crippen LogP contribution in [-0.4, -0.2) is 44.0 Å². The molecule has 0 aromatic rings. The molecule has 1 aliphatic carbocycles. The Kier molecular flexibility index (Phi) is 6.03. The van der Waals surface area contributed by atoms with Crippen LogP contribution in [0, 0.1) is 0 Å². The molecule has 0 heterocycles. The summed E-state index contributed by atoms with van der Waals surface area (Å²) >= 11 is 0. The molecule has 7 heteroatoms. The summed E-state index contributed by atoms with van der Waals surface area (Å²) in [7, 11) is 0. The molecule has 0 spiro atoms. The van der Waals surface area contributed by atoms with Crippen molar-refractivity contribution in [2.45, 2.75) is 44.8 Å². The average Bonchev–Trinajstić information content (AvgIpc) is 2.35. The highest BCUT2D eigenvalue weighted by molar-refractivity contribution is 6.02. The van der Waals surface area contributed by atoms with Gasteiger partial charge < -0.3 is 5.11 Å². The van der Waals surface area contributed by atoms with Crippen LogP contribution in [0.5, 0.6) is 0 Å². The molecule has 0 radical (unpaired) electrons. The summed E-state index contributed by atoms with van der Waals surface area (Å²) in [5.74, 6) is -0.430. The van der Waals surface area contributed by atoms with Gasteiger partial charge in [0.2, 0.25) is 5.91 Å². The summed E-state index contributed by atoms with van der Waals surface area (Å²) in [4.78, 5) is 11.7. The summed E-state index contributed by atoms with van der Waals surface area (Å²) in [6.07, 6.45) is 7.59. The molecule has 1 amide bonds. The lowest BCUT2D eigenvalue weighted by Crippen LogP contribution is -2.37. The fourth-order valence-corrected chi connectivity index (χ4v) is 1.96. The van der Waals surface area contributed by atoms with Gasteiger partial charge in [0.1, 0.15) is 6.04 Å². The third-order valence-corrected chi connectivity index (χ3v) is 2.86. The van der Waals surface area contributed by atoms with E-state index in [-0.39, 0.29) is 17.4 Å². The van der Waals surface area contributed by atoms with Crippen molar-refractivity contribution in [1.82, 2.24) is 10.7 Å². The summed E-state index contributed by atoms with van der Waals surface area (Å²) < 4.78 is 0. The number of aliphatic hydroxyl groups is 1. The molecular formula is C13H21N3O4. The summed E-state index contributed by atoms with van der Waals surface area (Å²) in [5.41, 5.74) is 1.52. The van der Waals surface area contributed by atoms with Crippen molar-refractivity contribution in [1.29, 1.82) is 0 Å². The van der Waals surface area contributed by atoms with E-state index in [1.807, 2.05) is 6.92 Å². The van der Waals surface area contributed by atoms with Crippen molar-refractivity contribution in [3.05, 3.63) is 24.3 Å². The highest BCUT2D eigenvalue weighted by Crippen LogP contribution is 2.16. The maximum absolute atomic E-state index is 11.7. The monoisotopic (exact) mass is 283 g/mol. The third-order valence-electron chi connectivity index (χ3n) is 2.86. The van der Waals surface area contributed by atoms with Crippen LogP contribution in [-0.2, 0) is 4.79 Å². The Morgan fingerprint density at radius 1 is 1.50 bits per heavy atom. The van der Waals surface area contributed by atoms with Gasteiger partial charge in [0.05, 0.1) is 17.7 Å². The molecule has 1 aliphatic rings. The Balaban J connectivity index is 2.60. The molecule has 0 aromatic carbocycles. The minimum Gasteiger partial charge on any atom is -0.390 e. The second kappa shape index (κ2) is 7.30. The summed E-state index contributed by atoms with van der Waals surface area (Å²) in [6.45, 7) is 3.52. The van der Waals surface area contributed by atoms with Crippen LogP contribution in [0.4, 0.5) is 0 Å². The lowest BCUT2D eigenvalue weighted by atomic mass is 9.96. The van der Waals surface area contributed by atoms with Gasteiger partial charge in [0.15, 0.2) is 0 Å². The minimum absolute atomic E-state index is 0.0121. The second-order valence-electron chi connectivity index (χ2n) is 5.00. The largest absolute Gasteiger partial charge is 0.390 e. The number of carbonyl (C=O) groups is 1. The van der Waals surface area contributed by atoms with Crippen molar-refractivity contribution in [3.63, 3.8) is 0 Å². The number of hydrogen-bond acceptors (Lipinski definition) is 6. The number of carbonyl (C=O) groups excluding carboxylic acids is 1. The highest BCUT2D eigenvalue weighted by Gasteiger charge is 2.24. The number of amides is 1. The zero-order valence-corrected chi connectivity index (χ0v) is 11.7. The Morgan fingerprint density at radius 2 is 2.20 bits per heavy atom. The SMILES string of the molecule is CCCC(C)(O)CC(=O)NN=C1C=CC=CC1N(O)O. The van der Waals surface area contributed by atoms with Gasteiger partial charge in [-0.05, 0) is 19.4 Å². The Morgan fingerprint density at radius 3 is 2.80 bits per heavy atom. The fourth-order valence-electron chi connectivity index (χ4n) is 1.96. The average molecular weight is 283 g/mol. The highest BCUT2D eigenvalue weighted by atomic mass is 16.8. The van der Waals surface area contributed by atoms with Crippen LogP contribution >= 0.6 is 0 Å². The molecule has 2 unspecified atom stereocenters. The number of nitrogens with one attached hydrogen (secondary N) is 1. The Bertz CT molecular complexity index is 427. The number of nitrogens with zero attached hydrogens (tertiary/aromatic N) is 2. The van der Waals surface area contributed by atoms with E-state index >= 15 is 0 Å². The van der Waals surface area contributed by atoms with E-state index < -0.39 is 17.6 Å². The van der Waals surface area contributed by atoms with Crippen molar-refractivity contribution in [2.75, 3.05) is 0 Å². The molecule has 2 atom stereocenters. The maximum atomic E-state index is 11.7. The summed E-state index contributed by atoms with van der Waals surface area (Å²) in [5, 5.41) is 31.9. The van der Waals surface area contributed by atoms with Gasteiger partial charge in [-0.15, -0.1) is 0 Å². The molecule has 0 saturated heterocycles. The van der Waals surface area contributed by atoms with Crippen LogP contribution in [0.3, 0.4) is 0 Å². The smallest absolute Gasteiger partial charge is 0.242 e. The fraction of sp³-hybridized carbons (Fsp3) is 0.538. The van der Waals surface area contributed by atoms with Gasteiger partial charge in [0, 0.05) is 0 Å². The lowest BCUT2D eigenvalue weighted by Gasteiger charge is -2.22. The van der Waals surface area contributed by atoms with E-state index in [1.54, 1.807) is 25.2 Å². The van der Waals surface area contributed by atoms with E-state index in [0.717, 1.165) is 6.42 Å². The minimum atomic E-state index is -1.07. The topological polar surface area (TPSA) is 105 Å². The molecule has 0 aromatic heterocycles. The molecule has 1 rings (SSSR count). The van der Waals surface area contributed by atoms with Crippen LogP contribution < -0.4 is 5.43 Å². The first kappa shape index (κ1) is 16.5. The molecule has 0 fully saturated rings. The quantitative estimate of drug-likeness (QED) is 0.544. The predicted octanol–water partition coefficient (Wildman–Crippen LogP) is 0.975. The zero-order chi connectivity index (χ0) is 15.2. The van der Waals surface area contributed by atoms with E-state index in [1.165, 1.54) is 6.08 Å². The van der Waals surface area contributed by atoms with Gasteiger partial charge in [-0.3, -0.25) is 15.2 Å².